The van der Waals surface area contributed by atoms with E-state index >= 15 is 0 Å². The van der Waals surface area contributed by atoms with Crippen molar-refractivity contribution < 1.29 is 14.6 Å². The predicted octanol–water partition coefficient (Wildman–Crippen LogP) is 4.45. The lowest BCUT2D eigenvalue weighted by Gasteiger charge is -2.03. The van der Waals surface area contributed by atoms with Crippen molar-refractivity contribution in [3.8, 4) is 11.5 Å². The van der Waals surface area contributed by atoms with Crippen molar-refractivity contribution in [2.45, 2.75) is 6.92 Å². The largest absolute Gasteiger partial charge is 0.507 e. The number of phenols is 1. The van der Waals surface area contributed by atoms with Crippen molar-refractivity contribution in [2.75, 3.05) is 6.61 Å². The zero-order valence-electron chi connectivity index (χ0n) is 11.5. The fourth-order valence-electron chi connectivity index (χ4n) is 1.80. The number of benzene rings is 2. The van der Waals surface area contributed by atoms with Crippen LogP contribution in [0.4, 0.5) is 0 Å². The van der Waals surface area contributed by atoms with E-state index in [2.05, 4.69) is 15.9 Å². The van der Waals surface area contributed by atoms with E-state index in [0.29, 0.717) is 17.7 Å². The molecular weight excluding hydrogens is 332 g/mol. The zero-order valence-corrected chi connectivity index (χ0v) is 13.1. The van der Waals surface area contributed by atoms with Gasteiger partial charge in [-0.2, -0.15) is 0 Å². The Morgan fingerprint density at radius 1 is 1.24 bits per heavy atom. The number of aromatic hydroxyl groups is 1. The molecule has 3 nitrogen and oxygen atoms in total. The van der Waals surface area contributed by atoms with Gasteiger partial charge in [-0.15, -0.1) is 0 Å². The third kappa shape index (κ3) is 4.20. The third-order valence-electron chi connectivity index (χ3n) is 2.85. The van der Waals surface area contributed by atoms with Crippen LogP contribution in [0.3, 0.4) is 0 Å². The molecule has 0 atom stereocenters. The average molecular weight is 347 g/mol. The fraction of sp³-hybridized carbons (Fsp3) is 0.118. The molecule has 2 rings (SSSR count). The number of allylic oxidation sites excluding steroid dienone is 1. The number of carbonyl (C=O) groups is 1. The Bertz CT molecular complexity index is 660. The summed E-state index contributed by atoms with van der Waals surface area (Å²) in [5.41, 5.74) is 1.16. The first-order valence-corrected chi connectivity index (χ1v) is 7.33. The van der Waals surface area contributed by atoms with Crippen LogP contribution in [0.15, 0.2) is 53.0 Å². The number of ketones is 1. The molecule has 0 aliphatic carbocycles. The molecular formula is C17H15BrO3. The van der Waals surface area contributed by atoms with E-state index in [1.165, 1.54) is 6.08 Å². The highest BCUT2D eigenvalue weighted by Gasteiger charge is 2.03. The standard InChI is InChI=1S/C17H15BrO3/c1-2-21-15-7-3-12(4-8-15)16(19)9-5-13-11-14(18)6-10-17(13)20/h3-11,20H,2H2,1H3. The maximum Gasteiger partial charge on any atom is 0.185 e. The molecule has 0 bridgehead atoms. The lowest BCUT2D eigenvalue weighted by molar-refractivity contribution is 0.104. The number of ether oxygens (including phenoxy) is 1. The maximum absolute atomic E-state index is 12.1. The number of carbonyl (C=O) groups excluding carboxylic acids is 1. The van der Waals surface area contributed by atoms with Crippen LogP contribution in [0.1, 0.15) is 22.8 Å². The van der Waals surface area contributed by atoms with E-state index in [9.17, 15) is 9.90 Å². The molecule has 0 aliphatic rings. The average Bonchev–Trinajstić information content (AvgIpc) is 2.49. The number of halogens is 1. The summed E-state index contributed by atoms with van der Waals surface area (Å²) in [4.78, 5) is 12.1. The number of rotatable bonds is 5. The van der Waals surface area contributed by atoms with Gasteiger partial charge in [-0.3, -0.25) is 4.79 Å². The van der Waals surface area contributed by atoms with Gasteiger partial charge in [0, 0.05) is 15.6 Å². The Labute approximate surface area is 132 Å². The van der Waals surface area contributed by atoms with Crippen molar-refractivity contribution >= 4 is 27.8 Å². The van der Waals surface area contributed by atoms with Gasteiger partial charge >= 0.3 is 0 Å². The number of phenolic OH excluding ortho intramolecular Hbond substituents is 1. The number of hydrogen-bond donors (Lipinski definition) is 1. The summed E-state index contributed by atoms with van der Waals surface area (Å²) in [6.45, 7) is 2.50. The smallest absolute Gasteiger partial charge is 0.185 e. The molecule has 0 aliphatic heterocycles. The molecule has 0 unspecified atom stereocenters. The van der Waals surface area contributed by atoms with Gasteiger partial charge in [0.05, 0.1) is 6.61 Å². The summed E-state index contributed by atoms with van der Waals surface area (Å²) >= 11 is 3.33. The molecule has 0 spiro atoms. The van der Waals surface area contributed by atoms with Crippen molar-refractivity contribution in [3.05, 3.63) is 64.1 Å². The van der Waals surface area contributed by atoms with Gasteiger partial charge in [0.25, 0.3) is 0 Å². The van der Waals surface area contributed by atoms with Gasteiger partial charge in [0.15, 0.2) is 5.78 Å². The molecule has 21 heavy (non-hydrogen) atoms. The van der Waals surface area contributed by atoms with E-state index < -0.39 is 0 Å². The van der Waals surface area contributed by atoms with E-state index in [-0.39, 0.29) is 11.5 Å². The highest BCUT2D eigenvalue weighted by Crippen LogP contribution is 2.23. The van der Waals surface area contributed by atoms with Crippen LogP contribution >= 0.6 is 15.9 Å². The summed E-state index contributed by atoms with van der Waals surface area (Å²) < 4.78 is 6.17. The molecule has 1 N–H and O–H groups in total. The van der Waals surface area contributed by atoms with Crippen LogP contribution in [0.5, 0.6) is 11.5 Å². The van der Waals surface area contributed by atoms with Crippen molar-refractivity contribution in [2.24, 2.45) is 0 Å². The van der Waals surface area contributed by atoms with E-state index in [1.54, 1.807) is 48.5 Å². The highest BCUT2D eigenvalue weighted by atomic mass is 79.9. The molecule has 2 aromatic rings. The lowest BCUT2D eigenvalue weighted by Crippen LogP contribution is -1.95. The van der Waals surface area contributed by atoms with E-state index in [0.717, 1.165) is 10.2 Å². The van der Waals surface area contributed by atoms with Crippen LogP contribution in [0.25, 0.3) is 6.08 Å². The molecule has 2 aromatic carbocycles. The fourth-order valence-corrected chi connectivity index (χ4v) is 2.18. The molecule has 0 aromatic heterocycles. The third-order valence-corrected chi connectivity index (χ3v) is 3.35. The normalized spacial score (nSPS) is 10.8. The summed E-state index contributed by atoms with van der Waals surface area (Å²) in [7, 11) is 0. The highest BCUT2D eigenvalue weighted by molar-refractivity contribution is 9.10. The van der Waals surface area contributed by atoms with Gasteiger partial charge in [-0.1, -0.05) is 15.9 Å². The van der Waals surface area contributed by atoms with E-state index in [1.807, 2.05) is 6.92 Å². The first-order valence-electron chi connectivity index (χ1n) is 6.54. The maximum atomic E-state index is 12.1. The van der Waals surface area contributed by atoms with Crippen molar-refractivity contribution in [3.63, 3.8) is 0 Å². The van der Waals surface area contributed by atoms with Crippen LogP contribution in [-0.2, 0) is 0 Å². The summed E-state index contributed by atoms with van der Waals surface area (Å²) in [5, 5.41) is 9.71. The summed E-state index contributed by atoms with van der Waals surface area (Å²) in [6.07, 6.45) is 3.04. The monoisotopic (exact) mass is 346 g/mol. The van der Waals surface area contributed by atoms with Gasteiger partial charge in [0.2, 0.25) is 0 Å². The van der Waals surface area contributed by atoms with Crippen LogP contribution in [-0.4, -0.2) is 17.5 Å². The second-order valence-electron chi connectivity index (χ2n) is 4.36. The summed E-state index contributed by atoms with van der Waals surface area (Å²) in [6, 6.07) is 12.0. The first-order chi connectivity index (χ1) is 10.1. The molecule has 108 valence electrons. The van der Waals surface area contributed by atoms with Gasteiger partial charge < -0.3 is 9.84 Å². The second kappa shape index (κ2) is 7.09. The van der Waals surface area contributed by atoms with Crippen molar-refractivity contribution in [1.82, 2.24) is 0 Å². The first kappa shape index (κ1) is 15.3. The lowest BCUT2D eigenvalue weighted by atomic mass is 10.1. The molecule has 0 fully saturated rings. The topological polar surface area (TPSA) is 46.5 Å². The Morgan fingerprint density at radius 2 is 1.95 bits per heavy atom. The Balaban J connectivity index is 2.13. The minimum Gasteiger partial charge on any atom is -0.507 e. The molecule has 0 amide bonds. The minimum atomic E-state index is -0.127. The Kier molecular flexibility index (Phi) is 5.17. The second-order valence-corrected chi connectivity index (χ2v) is 5.27. The molecule has 0 saturated carbocycles. The summed E-state index contributed by atoms with van der Waals surface area (Å²) in [5.74, 6) is 0.744. The molecule has 0 heterocycles. The predicted molar refractivity (Wildman–Crippen MR) is 86.8 cm³/mol. The van der Waals surface area contributed by atoms with Gasteiger partial charge in [-0.05, 0) is 61.5 Å². The molecule has 0 radical (unpaired) electrons. The minimum absolute atomic E-state index is 0.127. The quantitative estimate of drug-likeness (QED) is 0.642. The van der Waals surface area contributed by atoms with Crippen LogP contribution < -0.4 is 4.74 Å². The molecule has 4 heteroatoms. The Hall–Kier alpha value is -2.07. The zero-order chi connectivity index (χ0) is 15.2. The number of hydrogen-bond acceptors (Lipinski definition) is 3. The van der Waals surface area contributed by atoms with E-state index in [4.69, 9.17) is 4.74 Å². The van der Waals surface area contributed by atoms with Crippen LogP contribution in [0, 0.1) is 0 Å². The van der Waals surface area contributed by atoms with Gasteiger partial charge in [0.1, 0.15) is 11.5 Å². The SMILES string of the molecule is CCOc1ccc(C(=O)C=Cc2cc(Br)ccc2O)cc1. The van der Waals surface area contributed by atoms with Crippen molar-refractivity contribution in [1.29, 1.82) is 0 Å². The Morgan fingerprint density at radius 3 is 2.62 bits per heavy atom. The molecule has 0 saturated heterocycles. The van der Waals surface area contributed by atoms with Gasteiger partial charge in [-0.25, -0.2) is 0 Å². The van der Waals surface area contributed by atoms with Crippen LogP contribution in [0.2, 0.25) is 0 Å².